The molecule has 0 aliphatic heterocycles. The van der Waals surface area contributed by atoms with E-state index < -0.39 is 0 Å². The molecule has 35 heavy (non-hydrogen) atoms. The molecule has 0 aliphatic rings. The molecule has 3 heterocycles. The van der Waals surface area contributed by atoms with Crippen molar-refractivity contribution in [3.8, 4) is 11.3 Å². The van der Waals surface area contributed by atoms with Crippen molar-refractivity contribution in [2.75, 3.05) is 18.0 Å². The van der Waals surface area contributed by atoms with Crippen molar-refractivity contribution in [3.63, 3.8) is 0 Å². The van der Waals surface area contributed by atoms with Crippen LogP contribution in [-0.2, 0) is 0 Å². The number of fused-ring (bicyclic) bond motifs is 2. The number of benzene rings is 2. The highest BCUT2D eigenvalue weighted by molar-refractivity contribution is 6.09. The summed E-state index contributed by atoms with van der Waals surface area (Å²) in [5, 5.41) is 2.08. The highest BCUT2D eigenvalue weighted by atomic mass is 16.1. The fraction of sp³-hybridized carbons (Fsp3) is 0.241. The molecular formula is C29H29N5O. The van der Waals surface area contributed by atoms with Crippen LogP contribution in [0.15, 0.2) is 73.2 Å². The third-order valence-electron chi connectivity index (χ3n) is 6.37. The van der Waals surface area contributed by atoms with E-state index in [1.165, 1.54) is 0 Å². The number of carbonyl (C=O) groups excluding carboxylic acids is 1. The van der Waals surface area contributed by atoms with Crippen molar-refractivity contribution in [3.05, 3.63) is 84.6 Å². The molecule has 1 N–H and O–H groups in total. The minimum atomic E-state index is -0.160. The van der Waals surface area contributed by atoms with E-state index in [1.54, 1.807) is 18.5 Å². The predicted octanol–water partition coefficient (Wildman–Crippen LogP) is 6.28. The van der Waals surface area contributed by atoms with Gasteiger partial charge in [-0.05, 0) is 55.0 Å². The van der Waals surface area contributed by atoms with Crippen LogP contribution in [0.1, 0.15) is 43.4 Å². The van der Waals surface area contributed by atoms with Gasteiger partial charge < -0.3 is 9.88 Å². The summed E-state index contributed by atoms with van der Waals surface area (Å²) in [5.41, 5.74) is 4.92. The maximum atomic E-state index is 13.4. The number of aromatic nitrogens is 4. The SMILES string of the molecule is CCN(CCC(C)C)c1ccc2nc(C(=O)c3ccnc(-c4cncc5ccccc45)c3)[nH]c2c1. The first kappa shape index (κ1) is 22.7. The van der Waals surface area contributed by atoms with E-state index in [1.807, 2.05) is 42.6 Å². The Morgan fingerprint density at radius 3 is 2.74 bits per heavy atom. The predicted molar refractivity (Wildman–Crippen MR) is 142 cm³/mol. The Bertz CT molecular complexity index is 1500. The van der Waals surface area contributed by atoms with Gasteiger partial charge in [0.15, 0.2) is 5.82 Å². The second kappa shape index (κ2) is 9.66. The molecule has 6 heteroatoms. The lowest BCUT2D eigenvalue weighted by Gasteiger charge is -2.24. The summed E-state index contributed by atoms with van der Waals surface area (Å²) in [6.45, 7) is 8.58. The number of nitrogens with one attached hydrogen (secondary N) is 1. The molecule has 0 saturated heterocycles. The summed E-state index contributed by atoms with van der Waals surface area (Å²) in [6, 6.07) is 17.7. The molecule has 5 rings (SSSR count). The van der Waals surface area contributed by atoms with Gasteiger partial charge in [0.25, 0.3) is 0 Å². The van der Waals surface area contributed by atoms with E-state index in [4.69, 9.17) is 0 Å². The van der Waals surface area contributed by atoms with E-state index in [0.29, 0.717) is 23.0 Å². The Morgan fingerprint density at radius 2 is 1.91 bits per heavy atom. The third kappa shape index (κ3) is 4.64. The van der Waals surface area contributed by atoms with Gasteiger partial charge in [0, 0.05) is 53.9 Å². The van der Waals surface area contributed by atoms with E-state index in [0.717, 1.165) is 52.6 Å². The van der Waals surface area contributed by atoms with Crippen LogP contribution in [0.2, 0.25) is 0 Å². The number of imidazole rings is 1. The number of nitrogens with zero attached hydrogens (tertiary/aromatic N) is 4. The average molecular weight is 464 g/mol. The Kier molecular flexibility index (Phi) is 6.27. The number of carbonyl (C=O) groups is 1. The number of anilines is 1. The number of rotatable bonds is 8. The lowest BCUT2D eigenvalue weighted by molar-refractivity contribution is 0.103. The van der Waals surface area contributed by atoms with Crippen LogP contribution in [0.4, 0.5) is 5.69 Å². The normalized spacial score (nSPS) is 11.4. The Labute approximate surface area is 205 Å². The van der Waals surface area contributed by atoms with Crippen LogP contribution in [0, 0.1) is 5.92 Å². The number of ketones is 1. The van der Waals surface area contributed by atoms with E-state index in [-0.39, 0.29) is 5.78 Å². The quantitative estimate of drug-likeness (QED) is 0.274. The molecular weight excluding hydrogens is 434 g/mol. The second-order valence-corrected chi connectivity index (χ2v) is 9.22. The Balaban J connectivity index is 1.45. The molecule has 0 saturated carbocycles. The first-order valence-corrected chi connectivity index (χ1v) is 12.1. The molecule has 0 aliphatic carbocycles. The number of hydrogen-bond donors (Lipinski definition) is 1. The van der Waals surface area contributed by atoms with Gasteiger partial charge in [-0.2, -0.15) is 0 Å². The standard InChI is InChI=1S/C29H29N5O/c1-4-34(14-12-19(2)3)22-9-10-25-27(16-22)33-29(32-25)28(35)20-11-13-31-26(15-20)24-18-30-17-21-7-5-6-8-23(21)24/h5-11,13,15-19H,4,12,14H2,1-3H3,(H,32,33). The number of aromatic amines is 1. The zero-order valence-electron chi connectivity index (χ0n) is 20.3. The maximum Gasteiger partial charge on any atom is 0.228 e. The van der Waals surface area contributed by atoms with E-state index >= 15 is 0 Å². The highest BCUT2D eigenvalue weighted by Gasteiger charge is 2.17. The van der Waals surface area contributed by atoms with E-state index in [2.05, 4.69) is 57.7 Å². The molecule has 0 spiro atoms. The van der Waals surface area contributed by atoms with Gasteiger partial charge >= 0.3 is 0 Å². The van der Waals surface area contributed by atoms with Gasteiger partial charge in [0.05, 0.1) is 16.7 Å². The molecule has 0 atom stereocenters. The second-order valence-electron chi connectivity index (χ2n) is 9.22. The first-order chi connectivity index (χ1) is 17.0. The average Bonchev–Trinajstić information content (AvgIpc) is 3.32. The highest BCUT2D eigenvalue weighted by Crippen LogP contribution is 2.27. The van der Waals surface area contributed by atoms with Gasteiger partial charge in [-0.15, -0.1) is 0 Å². The molecule has 2 aromatic carbocycles. The summed E-state index contributed by atoms with van der Waals surface area (Å²) >= 11 is 0. The molecule has 3 aromatic heterocycles. The topological polar surface area (TPSA) is 74.8 Å². The fourth-order valence-electron chi connectivity index (χ4n) is 4.36. The molecule has 0 bridgehead atoms. The first-order valence-electron chi connectivity index (χ1n) is 12.1. The van der Waals surface area contributed by atoms with Crippen LogP contribution in [0.25, 0.3) is 33.1 Å². The van der Waals surface area contributed by atoms with Gasteiger partial charge in [-0.25, -0.2) is 4.98 Å². The monoisotopic (exact) mass is 463 g/mol. The molecule has 5 aromatic rings. The van der Waals surface area contributed by atoms with Crippen LogP contribution < -0.4 is 4.90 Å². The molecule has 6 nitrogen and oxygen atoms in total. The summed E-state index contributed by atoms with van der Waals surface area (Å²) < 4.78 is 0. The minimum Gasteiger partial charge on any atom is -0.372 e. The van der Waals surface area contributed by atoms with E-state index in [9.17, 15) is 4.79 Å². The number of pyridine rings is 2. The van der Waals surface area contributed by atoms with Gasteiger partial charge in [0.2, 0.25) is 5.78 Å². The number of hydrogen-bond acceptors (Lipinski definition) is 5. The molecule has 0 radical (unpaired) electrons. The fourth-order valence-corrected chi connectivity index (χ4v) is 4.36. The molecule has 0 fully saturated rings. The Morgan fingerprint density at radius 1 is 1.06 bits per heavy atom. The smallest absolute Gasteiger partial charge is 0.228 e. The lowest BCUT2D eigenvalue weighted by Crippen LogP contribution is -2.24. The third-order valence-corrected chi connectivity index (χ3v) is 6.37. The van der Waals surface area contributed by atoms with Gasteiger partial charge in [0.1, 0.15) is 0 Å². The van der Waals surface area contributed by atoms with Crippen molar-refractivity contribution in [2.24, 2.45) is 5.92 Å². The van der Waals surface area contributed by atoms with Crippen molar-refractivity contribution in [1.29, 1.82) is 0 Å². The Hall–Kier alpha value is -4.06. The van der Waals surface area contributed by atoms with Gasteiger partial charge in [-0.1, -0.05) is 38.1 Å². The lowest BCUT2D eigenvalue weighted by atomic mass is 10.0. The van der Waals surface area contributed by atoms with Crippen molar-refractivity contribution < 1.29 is 4.79 Å². The van der Waals surface area contributed by atoms with Crippen molar-refractivity contribution in [1.82, 2.24) is 19.9 Å². The molecule has 0 unspecified atom stereocenters. The van der Waals surface area contributed by atoms with Crippen LogP contribution in [-0.4, -0.2) is 38.8 Å². The van der Waals surface area contributed by atoms with Crippen molar-refractivity contribution >= 4 is 33.3 Å². The molecule has 0 amide bonds. The summed E-state index contributed by atoms with van der Waals surface area (Å²) in [6.07, 6.45) is 6.42. The number of H-pyrrole nitrogens is 1. The van der Waals surface area contributed by atoms with Crippen LogP contribution in [0.5, 0.6) is 0 Å². The van der Waals surface area contributed by atoms with Crippen molar-refractivity contribution in [2.45, 2.75) is 27.2 Å². The maximum absolute atomic E-state index is 13.4. The summed E-state index contributed by atoms with van der Waals surface area (Å²) in [5.74, 6) is 0.821. The minimum absolute atomic E-state index is 0.160. The van der Waals surface area contributed by atoms with Gasteiger partial charge in [-0.3, -0.25) is 14.8 Å². The largest absolute Gasteiger partial charge is 0.372 e. The van der Waals surface area contributed by atoms with Crippen LogP contribution in [0.3, 0.4) is 0 Å². The molecule has 176 valence electrons. The zero-order chi connectivity index (χ0) is 24.4. The van der Waals surface area contributed by atoms with Crippen LogP contribution >= 0.6 is 0 Å². The summed E-state index contributed by atoms with van der Waals surface area (Å²) in [4.78, 5) is 32.4. The summed E-state index contributed by atoms with van der Waals surface area (Å²) in [7, 11) is 0. The zero-order valence-corrected chi connectivity index (χ0v) is 20.3.